The molecule has 0 radical (unpaired) electrons. The molecule has 0 aliphatic heterocycles. The van der Waals surface area contributed by atoms with Gasteiger partial charge in [0.25, 0.3) is 5.91 Å². The smallest absolute Gasteiger partial charge is 0.265 e. The Balaban J connectivity index is 1.96. The summed E-state index contributed by atoms with van der Waals surface area (Å²) in [4.78, 5) is 17.2. The third kappa shape index (κ3) is 5.21. The van der Waals surface area contributed by atoms with Gasteiger partial charge in [0, 0.05) is 11.3 Å². The summed E-state index contributed by atoms with van der Waals surface area (Å²) in [5.74, 6) is 0.0321. The highest BCUT2D eigenvalue weighted by atomic mass is 35.5. The van der Waals surface area contributed by atoms with Crippen LogP contribution in [-0.4, -0.2) is 18.7 Å². The average Bonchev–Trinajstić information content (AvgIpc) is 2.57. The van der Waals surface area contributed by atoms with Gasteiger partial charge in [-0.1, -0.05) is 72.5 Å². The second-order valence-electron chi connectivity index (χ2n) is 5.89. The number of carbonyl (C=O) groups excluding carboxylic acids is 1. The Morgan fingerprint density at radius 2 is 1.96 bits per heavy atom. The number of hydrogen-bond donors (Lipinski definition) is 1. The second-order valence-corrected chi connectivity index (χ2v) is 6.68. The molecule has 0 heterocycles. The van der Waals surface area contributed by atoms with Crippen molar-refractivity contribution in [3.05, 3.63) is 63.1 Å². The quantitative estimate of drug-likeness (QED) is 0.539. The fourth-order valence-electron chi connectivity index (χ4n) is 2.33. The molecule has 0 spiro atoms. The minimum absolute atomic E-state index is 0.194. The summed E-state index contributed by atoms with van der Waals surface area (Å²) in [7, 11) is 0. The lowest BCUT2D eigenvalue weighted by atomic mass is 9.98. The molecule has 132 valence electrons. The third-order valence-electron chi connectivity index (χ3n) is 3.63. The summed E-state index contributed by atoms with van der Waals surface area (Å²) < 4.78 is 0. The topological polar surface area (TPSA) is 50.7 Å². The number of aryl methyl sites for hydroxylation is 1. The highest BCUT2D eigenvalue weighted by molar-refractivity contribution is 6.43. The molecular weight excluding hydrogens is 359 g/mol. The van der Waals surface area contributed by atoms with Gasteiger partial charge in [-0.3, -0.25) is 4.79 Å². The fourth-order valence-corrected chi connectivity index (χ4v) is 2.68. The molecule has 2 rings (SSSR count). The van der Waals surface area contributed by atoms with Gasteiger partial charge in [0.2, 0.25) is 0 Å². The first kappa shape index (κ1) is 19.3. The summed E-state index contributed by atoms with van der Waals surface area (Å²) in [6, 6.07) is 11.1. The molecule has 2 aromatic rings. The van der Waals surface area contributed by atoms with Gasteiger partial charge in [-0.05, 0) is 30.0 Å². The van der Waals surface area contributed by atoms with Crippen LogP contribution in [0.3, 0.4) is 0 Å². The number of anilines is 1. The van der Waals surface area contributed by atoms with E-state index in [2.05, 4.69) is 24.3 Å². The van der Waals surface area contributed by atoms with E-state index < -0.39 is 0 Å². The third-order valence-corrected chi connectivity index (χ3v) is 4.47. The van der Waals surface area contributed by atoms with Crippen LogP contribution in [0.15, 0.2) is 41.6 Å². The number of amides is 1. The first-order valence-electron chi connectivity index (χ1n) is 7.89. The van der Waals surface area contributed by atoms with Crippen LogP contribution >= 0.6 is 23.2 Å². The molecule has 0 aliphatic rings. The highest BCUT2D eigenvalue weighted by Crippen LogP contribution is 2.27. The van der Waals surface area contributed by atoms with E-state index in [1.165, 1.54) is 6.21 Å². The van der Waals surface area contributed by atoms with E-state index in [0.29, 0.717) is 21.5 Å². The van der Waals surface area contributed by atoms with Crippen molar-refractivity contribution in [2.45, 2.75) is 26.7 Å². The van der Waals surface area contributed by atoms with Crippen molar-refractivity contribution in [2.24, 2.45) is 5.16 Å². The number of para-hydroxylation sites is 1. The summed E-state index contributed by atoms with van der Waals surface area (Å²) >= 11 is 12.0. The largest absolute Gasteiger partial charge is 0.386 e. The lowest BCUT2D eigenvalue weighted by molar-refractivity contribution is -0.120. The van der Waals surface area contributed by atoms with Crippen molar-refractivity contribution in [3.63, 3.8) is 0 Å². The lowest BCUT2D eigenvalue weighted by Gasteiger charge is -2.16. The van der Waals surface area contributed by atoms with Crippen molar-refractivity contribution in [2.75, 3.05) is 11.9 Å². The summed E-state index contributed by atoms with van der Waals surface area (Å²) in [6.07, 6.45) is 1.43. The Bertz CT molecular complexity index is 789. The van der Waals surface area contributed by atoms with Gasteiger partial charge in [0.15, 0.2) is 6.61 Å². The molecule has 0 aromatic heterocycles. The second kappa shape index (κ2) is 8.88. The maximum atomic E-state index is 12.1. The first-order valence-corrected chi connectivity index (χ1v) is 8.64. The van der Waals surface area contributed by atoms with Gasteiger partial charge in [-0.25, -0.2) is 0 Å². The predicted octanol–water partition coefficient (Wildman–Crippen LogP) is 5.41. The summed E-state index contributed by atoms with van der Waals surface area (Å²) in [5, 5.41) is 7.50. The molecule has 1 N–H and O–H groups in total. The molecule has 1 amide bonds. The molecule has 4 nitrogen and oxygen atoms in total. The molecule has 0 saturated heterocycles. The number of hydrogen-bond acceptors (Lipinski definition) is 3. The number of nitrogens with one attached hydrogen (secondary N) is 1. The van der Waals surface area contributed by atoms with E-state index in [1.54, 1.807) is 18.2 Å². The highest BCUT2D eigenvalue weighted by Gasteiger charge is 2.12. The SMILES string of the molecule is Cc1cccc(C(C)C)c1NC(=O)CO/N=C\c1cccc(Cl)c1Cl. The minimum atomic E-state index is -0.273. The van der Waals surface area contributed by atoms with Crippen molar-refractivity contribution in [1.29, 1.82) is 0 Å². The molecule has 6 heteroatoms. The Kier molecular flexibility index (Phi) is 6.85. The number of oxime groups is 1. The van der Waals surface area contributed by atoms with E-state index in [4.69, 9.17) is 28.0 Å². The van der Waals surface area contributed by atoms with Crippen LogP contribution in [0.25, 0.3) is 0 Å². The van der Waals surface area contributed by atoms with Gasteiger partial charge in [-0.15, -0.1) is 0 Å². The zero-order chi connectivity index (χ0) is 18.4. The Morgan fingerprint density at radius 3 is 2.68 bits per heavy atom. The number of halogens is 2. The van der Waals surface area contributed by atoms with Gasteiger partial charge >= 0.3 is 0 Å². The van der Waals surface area contributed by atoms with Crippen molar-refractivity contribution >= 4 is 41.0 Å². The van der Waals surface area contributed by atoms with Crippen molar-refractivity contribution in [3.8, 4) is 0 Å². The fraction of sp³-hybridized carbons (Fsp3) is 0.263. The zero-order valence-corrected chi connectivity index (χ0v) is 15.9. The standard InChI is InChI=1S/C19H20Cl2N2O2/c1-12(2)15-8-4-6-13(3)19(15)23-17(24)11-25-22-10-14-7-5-9-16(20)18(14)21/h4-10,12H,11H2,1-3H3,(H,23,24)/b22-10-. The molecule has 0 bridgehead atoms. The molecular formula is C19H20Cl2N2O2. The van der Waals surface area contributed by atoms with E-state index >= 15 is 0 Å². The van der Waals surface area contributed by atoms with Crippen LogP contribution in [0.4, 0.5) is 5.69 Å². The molecule has 0 aliphatic carbocycles. The van der Waals surface area contributed by atoms with Gasteiger partial charge in [0.1, 0.15) is 0 Å². The van der Waals surface area contributed by atoms with E-state index in [1.807, 2.05) is 25.1 Å². The first-order chi connectivity index (χ1) is 11.9. The Morgan fingerprint density at radius 1 is 1.24 bits per heavy atom. The normalized spacial score (nSPS) is 11.1. The summed E-state index contributed by atoms with van der Waals surface area (Å²) in [5.41, 5.74) is 3.54. The minimum Gasteiger partial charge on any atom is -0.386 e. The molecule has 0 atom stereocenters. The van der Waals surface area contributed by atoms with Crippen LogP contribution in [0.5, 0.6) is 0 Å². The van der Waals surface area contributed by atoms with Gasteiger partial charge < -0.3 is 10.2 Å². The van der Waals surface area contributed by atoms with Crippen LogP contribution in [0.1, 0.15) is 36.5 Å². The van der Waals surface area contributed by atoms with E-state index in [-0.39, 0.29) is 12.5 Å². The number of rotatable bonds is 6. The zero-order valence-electron chi connectivity index (χ0n) is 14.3. The van der Waals surface area contributed by atoms with Crippen LogP contribution < -0.4 is 5.32 Å². The molecule has 25 heavy (non-hydrogen) atoms. The van der Waals surface area contributed by atoms with Crippen LogP contribution in [0, 0.1) is 6.92 Å². The number of nitrogens with zero attached hydrogens (tertiary/aromatic N) is 1. The van der Waals surface area contributed by atoms with Crippen LogP contribution in [-0.2, 0) is 9.63 Å². The molecule has 2 aromatic carbocycles. The van der Waals surface area contributed by atoms with Crippen LogP contribution in [0.2, 0.25) is 10.0 Å². The van der Waals surface area contributed by atoms with Crippen molar-refractivity contribution < 1.29 is 9.63 Å². The number of carbonyl (C=O) groups is 1. The van der Waals surface area contributed by atoms with E-state index in [9.17, 15) is 4.79 Å². The maximum absolute atomic E-state index is 12.1. The lowest BCUT2D eigenvalue weighted by Crippen LogP contribution is -2.19. The molecule has 0 fully saturated rings. The maximum Gasteiger partial charge on any atom is 0.265 e. The molecule has 0 saturated carbocycles. The monoisotopic (exact) mass is 378 g/mol. The van der Waals surface area contributed by atoms with Gasteiger partial charge in [-0.2, -0.15) is 0 Å². The molecule has 0 unspecified atom stereocenters. The summed E-state index contributed by atoms with van der Waals surface area (Å²) in [6.45, 7) is 5.93. The van der Waals surface area contributed by atoms with Gasteiger partial charge in [0.05, 0.1) is 16.3 Å². The van der Waals surface area contributed by atoms with E-state index in [0.717, 1.165) is 16.8 Å². The van der Waals surface area contributed by atoms with Crippen molar-refractivity contribution in [1.82, 2.24) is 0 Å². The average molecular weight is 379 g/mol. The Labute approximate surface area is 157 Å². The predicted molar refractivity (Wildman–Crippen MR) is 104 cm³/mol. The Hall–Kier alpha value is -2.04. The number of benzene rings is 2.